The van der Waals surface area contributed by atoms with E-state index in [1.54, 1.807) is 13.3 Å². The number of amides is 1. The summed E-state index contributed by atoms with van der Waals surface area (Å²) < 4.78 is 5.27. The first-order chi connectivity index (χ1) is 14.0. The SMILES string of the molecule is COc1ccc(-c2cc(C(=O)N[C@H](CO)CC(C)C)cnc2N2CCCC2)cc1. The molecular formula is C23H31N3O3. The van der Waals surface area contributed by atoms with Gasteiger partial charge in [0.1, 0.15) is 11.6 Å². The highest BCUT2D eigenvalue weighted by atomic mass is 16.5. The molecule has 6 heteroatoms. The highest BCUT2D eigenvalue weighted by Gasteiger charge is 2.21. The molecule has 1 aromatic heterocycles. The minimum absolute atomic E-state index is 0.0749. The number of aliphatic hydroxyl groups is 1. The molecule has 29 heavy (non-hydrogen) atoms. The summed E-state index contributed by atoms with van der Waals surface area (Å²) in [6.45, 7) is 6.02. The summed E-state index contributed by atoms with van der Waals surface area (Å²) in [6, 6.07) is 9.46. The van der Waals surface area contributed by atoms with Crippen molar-refractivity contribution in [2.75, 3.05) is 31.7 Å². The number of anilines is 1. The predicted octanol–water partition coefficient (Wildman–Crippen LogP) is 3.49. The Kier molecular flexibility index (Phi) is 7.09. The zero-order chi connectivity index (χ0) is 20.8. The third-order valence-electron chi connectivity index (χ3n) is 5.25. The van der Waals surface area contributed by atoms with Crippen LogP contribution < -0.4 is 15.0 Å². The van der Waals surface area contributed by atoms with Gasteiger partial charge in [-0.2, -0.15) is 0 Å². The average molecular weight is 398 g/mol. The van der Waals surface area contributed by atoms with Gasteiger partial charge in [-0.15, -0.1) is 0 Å². The molecule has 1 aliphatic rings. The Labute approximate surface area is 172 Å². The Balaban J connectivity index is 1.92. The Morgan fingerprint density at radius 2 is 1.93 bits per heavy atom. The lowest BCUT2D eigenvalue weighted by atomic mass is 10.0. The number of rotatable bonds is 8. The van der Waals surface area contributed by atoms with Crippen molar-refractivity contribution < 1.29 is 14.6 Å². The average Bonchev–Trinajstić information content (AvgIpc) is 3.27. The largest absolute Gasteiger partial charge is 0.497 e. The third kappa shape index (κ3) is 5.26. The number of carbonyl (C=O) groups excluding carboxylic acids is 1. The maximum absolute atomic E-state index is 12.8. The van der Waals surface area contributed by atoms with Crippen LogP contribution in [-0.4, -0.2) is 48.8 Å². The lowest BCUT2D eigenvalue weighted by Gasteiger charge is -2.22. The van der Waals surface area contributed by atoms with E-state index in [1.165, 1.54) is 0 Å². The molecule has 156 valence electrons. The molecular weight excluding hydrogens is 366 g/mol. The Morgan fingerprint density at radius 1 is 1.24 bits per heavy atom. The maximum atomic E-state index is 12.8. The van der Waals surface area contributed by atoms with Crippen molar-refractivity contribution in [3.63, 3.8) is 0 Å². The second-order valence-corrected chi connectivity index (χ2v) is 8.00. The molecule has 1 saturated heterocycles. The van der Waals surface area contributed by atoms with E-state index in [2.05, 4.69) is 29.0 Å². The molecule has 0 spiro atoms. The van der Waals surface area contributed by atoms with Crippen LogP contribution in [-0.2, 0) is 0 Å². The number of pyridine rings is 1. The molecule has 6 nitrogen and oxygen atoms in total. The maximum Gasteiger partial charge on any atom is 0.253 e. The summed E-state index contributed by atoms with van der Waals surface area (Å²) >= 11 is 0. The zero-order valence-corrected chi connectivity index (χ0v) is 17.5. The first kappa shape index (κ1) is 21.1. The van der Waals surface area contributed by atoms with Crippen LogP contribution in [0, 0.1) is 5.92 Å². The van der Waals surface area contributed by atoms with Gasteiger partial charge in [-0.05, 0) is 48.9 Å². The van der Waals surface area contributed by atoms with Crippen molar-refractivity contribution >= 4 is 11.7 Å². The molecule has 0 bridgehead atoms. The summed E-state index contributed by atoms with van der Waals surface area (Å²) in [5.74, 6) is 1.88. The molecule has 2 aromatic rings. The smallest absolute Gasteiger partial charge is 0.253 e. The van der Waals surface area contributed by atoms with E-state index >= 15 is 0 Å². The first-order valence-corrected chi connectivity index (χ1v) is 10.3. The van der Waals surface area contributed by atoms with E-state index in [0.717, 1.165) is 55.0 Å². The molecule has 1 aromatic carbocycles. The van der Waals surface area contributed by atoms with Crippen molar-refractivity contribution in [1.29, 1.82) is 0 Å². The number of methoxy groups -OCH3 is 1. The van der Waals surface area contributed by atoms with Crippen LogP contribution in [0.3, 0.4) is 0 Å². The molecule has 0 radical (unpaired) electrons. The number of aliphatic hydroxyl groups excluding tert-OH is 1. The third-order valence-corrected chi connectivity index (χ3v) is 5.25. The Morgan fingerprint density at radius 3 is 2.52 bits per heavy atom. The quantitative estimate of drug-likeness (QED) is 0.713. The molecule has 3 rings (SSSR count). The molecule has 1 fully saturated rings. The zero-order valence-electron chi connectivity index (χ0n) is 17.5. The van der Waals surface area contributed by atoms with Gasteiger partial charge >= 0.3 is 0 Å². The van der Waals surface area contributed by atoms with E-state index in [-0.39, 0.29) is 18.6 Å². The van der Waals surface area contributed by atoms with Crippen LogP contribution >= 0.6 is 0 Å². The van der Waals surface area contributed by atoms with Gasteiger partial charge < -0.3 is 20.1 Å². The number of hydrogen-bond donors (Lipinski definition) is 2. The van der Waals surface area contributed by atoms with Crippen molar-refractivity contribution in [3.05, 3.63) is 42.1 Å². The summed E-state index contributed by atoms with van der Waals surface area (Å²) in [5, 5.41) is 12.5. The van der Waals surface area contributed by atoms with Crippen LogP contribution in [0.1, 0.15) is 43.5 Å². The van der Waals surface area contributed by atoms with E-state index in [1.807, 2.05) is 30.3 Å². The molecule has 2 N–H and O–H groups in total. The van der Waals surface area contributed by atoms with Gasteiger partial charge in [-0.3, -0.25) is 4.79 Å². The fourth-order valence-corrected chi connectivity index (χ4v) is 3.76. The van der Waals surface area contributed by atoms with Gasteiger partial charge in [0, 0.05) is 24.8 Å². The Bertz CT molecular complexity index is 815. The lowest BCUT2D eigenvalue weighted by molar-refractivity contribution is 0.0908. The molecule has 0 saturated carbocycles. The highest BCUT2D eigenvalue weighted by Crippen LogP contribution is 2.33. The fraction of sp³-hybridized carbons (Fsp3) is 0.478. The number of carbonyl (C=O) groups is 1. The van der Waals surface area contributed by atoms with E-state index < -0.39 is 0 Å². The molecule has 1 atom stereocenters. The lowest BCUT2D eigenvalue weighted by Crippen LogP contribution is -2.38. The van der Waals surface area contributed by atoms with Crippen LogP contribution in [0.2, 0.25) is 0 Å². The molecule has 0 unspecified atom stereocenters. The van der Waals surface area contributed by atoms with Crippen LogP contribution in [0.15, 0.2) is 36.5 Å². The summed E-state index contributed by atoms with van der Waals surface area (Å²) in [5.41, 5.74) is 2.43. The van der Waals surface area contributed by atoms with E-state index in [0.29, 0.717) is 11.5 Å². The summed E-state index contributed by atoms with van der Waals surface area (Å²) in [4.78, 5) is 19.8. The number of nitrogens with zero attached hydrogens (tertiary/aromatic N) is 2. The second kappa shape index (κ2) is 9.74. The van der Waals surface area contributed by atoms with Crippen molar-refractivity contribution in [1.82, 2.24) is 10.3 Å². The summed E-state index contributed by atoms with van der Waals surface area (Å²) in [6.07, 6.45) is 4.67. The van der Waals surface area contributed by atoms with Crippen molar-refractivity contribution in [2.24, 2.45) is 5.92 Å². The van der Waals surface area contributed by atoms with E-state index in [9.17, 15) is 9.90 Å². The monoisotopic (exact) mass is 397 g/mol. The van der Waals surface area contributed by atoms with Gasteiger partial charge in [0.2, 0.25) is 0 Å². The minimum atomic E-state index is -0.259. The molecule has 1 amide bonds. The Hall–Kier alpha value is -2.60. The first-order valence-electron chi connectivity index (χ1n) is 10.3. The minimum Gasteiger partial charge on any atom is -0.497 e. The predicted molar refractivity (Wildman–Crippen MR) is 115 cm³/mol. The van der Waals surface area contributed by atoms with Gasteiger partial charge in [-0.25, -0.2) is 4.98 Å². The van der Waals surface area contributed by atoms with Crippen LogP contribution in [0.5, 0.6) is 5.75 Å². The van der Waals surface area contributed by atoms with E-state index in [4.69, 9.17) is 4.74 Å². The molecule has 0 aliphatic carbocycles. The normalized spacial score (nSPS) is 14.9. The van der Waals surface area contributed by atoms with Crippen molar-refractivity contribution in [3.8, 4) is 16.9 Å². The number of ether oxygens (including phenoxy) is 1. The van der Waals surface area contributed by atoms with Gasteiger partial charge in [0.25, 0.3) is 5.91 Å². The molecule has 2 heterocycles. The number of nitrogens with one attached hydrogen (secondary N) is 1. The van der Waals surface area contributed by atoms with Crippen LogP contribution in [0.4, 0.5) is 5.82 Å². The van der Waals surface area contributed by atoms with Gasteiger partial charge in [-0.1, -0.05) is 26.0 Å². The fourth-order valence-electron chi connectivity index (χ4n) is 3.76. The standard InChI is InChI=1S/C23H31N3O3/c1-16(2)12-19(15-27)25-23(28)18-13-21(17-6-8-20(29-3)9-7-17)22(24-14-18)26-10-4-5-11-26/h6-9,13-14,16,19,27H,4-5,10-12,15H2,1-3H3,(H,25,28)/t19-/m0/s1. The van der Waals surface area contributed by atoms with Crippen LogP contribution in [0.25, 0.3) is 11.1 Å². The van der Waals surface area contributed by atoms with Gasteiger partial charge in [0.05, 0.1) is 25.3 Å². The number of benzene rings is 1. The summed E-state index contributed by atoms with van der Waals surface area (Å²) in [7, 11) is 1.64. The number of hydrogen-bond acceptors (Lipinski definition) is 5. The van der Waals surface area contributed by atoms with Gasteiger partial charge in [0.15, 0.2) is 0 Å². The molecule has 1 aliphatic heterocycles. The highest BCUT2D eigenvalue weighted by molar-refractivity contribution is 5.96. The number of aromatic nitrogens is 1. The van der Waals surface area contributed by atoms with Crippen molar-refractivity contribution in [2.45, 2.75) is 39.2 Å². The second-order valence-electron chi connectivity index (χ2n) is 8.00. The topological polar surface area (TPSA) is 74.7 Å².